The Morgan fingerprint density at radius 3 is 2.48 bits per heavy atom. The van der Waals surface area contributed by atoms with Crippen LogP contribution in [0.2, 0.25) is 0 Å². The lowest BCUT2D eigenvalue weighted by atomic mass is 10.1. The van der Waals surface area contributed by atoms with Crippen LogP contribution in [0.5, 0.6) is 5.75 Å². The fourth-order valence-corrected chi connectivity index (χ4v) is 2.76. The van der Waals surface area contributed by atoms with Crippen LogP contribution >= 0.6 is 0 Å². The number of carbonyl (C=O) groups excluding carboxylic acids is 1. The van der Waals surface area contributed by atoms with E-state index in [1.54, 1.807) is 49.4 Å². The summed E-state index contributed by atoms with van der Waals surface area (Å²) in [5.74, 6) is 1.23. The SMILES string of the molecule is CCOc1ccc(NC(=O)c2cc(NCCc3ccc(F)cc3)nc(C)n2)cc1. The van der Waals surface area contributed by atoms with Crippen molar-refractivity contribution in [2.24, 2.45) is 0 Å². The van der Waals surface area contributed by atoms with Gasteiger partial charge in [0.2, 0.25) is 0 Å². The van der Waals surface area contributed by atoms with E-state index in [0.29, 0.717) is 36.9 Å². The Hall–Kier alpha value is -3.48. The van der Waals surface area contributed by atoms with E-state index in [2.05, 4.69) is 20.6 Å². The minimum Gasteiger partial charge on any atom is -0.494 e. The second-order valence-electron chi connectivity index (χ2n) is 6.40. The molecule has 150 valence electrons. The molecule has 6 nitrogen and oxygen atoms in total. The van der Waals surface area contributed by atoms with Crippen molar-refractivity contribution in [3.8, 4) is 5.75 Å². The van der Waals surface area contributed by atoms with Crippen LogP contribution in [0.4, 0.5) is 15.9 Å². The van der Waals surface area contributed by atoms with Gasteiger partial charge in [-0.1, -0.05) is 12.1 Å². The molecule has 0 radical (unpaired) electrons. The number of halogens is 1. The maximum atomic E-state index is 13.0. The molecule has 0 bridgehead atoms. The van der Waals surface area contributed by atoms with Crippen LogP contribution in [-0.4, -0.2) is 29.0 Å². The Morgan fingerprint density at radius 2 is 1.79 bits per heavy atom. The highest BCUT2D eigenvalue weighted by Gasteiger charge is 2.11. The summed E-state index contributed by atoms with van der Waals surface area (Å²) in [7, 11) is 0. The normalized spacial score (nSPS) is 10.4. The van der Waals surface area contributed by atoms with E-state index in [1.165, 1.54) is 12.1 Å². The van der Waals surface area contributed by atoms with Crippen LogP contribution in [0.15, 0.2) is 54.6 Å². The number of nitrogens with one attached hydrogen (secondary N) is 2. The van der Waals surface area contributed by atoms with E-state index in [4.69, 9.17) is 4.74 Å². The number of nitrogens with zero attached hydrogens (tertiary/aromatic N) is 2. The average Bonchev–Trinajstić information content (AvgIpc) is 2.71. The van der Waals surface area contributed by atoms with Gasteiger partial charge in [-0.15, -0.1) is 0 Å². The smallest absolute Gasteiger partial charge is 0.274 e. The number of rotatable bonds is 8. The van der Waals surface area contributed by atoms with Crippen molar-refractivity contribution in [1.29, 1.82) is 0 Å². The van der Waals surface area contributed by atoms with Gasteiger partial charge in [0.05, 0.1) is 6.61 Å². The highest BCUT2D eigenvalue weighted by Crippen LogP contribution is 2.17. The van der Waals surface area contributed by atoms with Crippen molar-refractivity contribution in [1.82, 2.24) is 9.97 Å². The zero-order chi connectivity index (χ0) is 20.6. The van der Waals surface area contributed by atoms with E-state index >= 15 is 0 Å². The van der Waals surface area contributed by atoms with Crippen molar-refractivity contribution >= 4 is 17.4 Å². The van der Waals surface area contributed by atoms with Crippen molar-refractivity contribution in [2.45, 2.75) is 20.3 Å². The van der Waals surface area contributed by atoms with E-state index in [-0.39, 0.29) is 17.4 Å². The molecule has 2 aromatic carbocycles. The molecule has 1 amide bonds. The predicted octanol–water partition coefficient (Wildman–Crippen LogP) is 4.23. The van der Waals surface area contributed by atoms with E-state index in [9.17, 15) is 9.18 Å². The number of aryl methyl sites for hydroxylation is 1. The molecule has 29 heavy (non-hydrogen) atoms. The molecule has 3 rings (SSSR count). The lowest BCUT2D eigenvalue weighted by Crippen LogP contribution is -2.16. The molecule has 7 heteroatoms. The number of aromatic nitrogens is 2. The van der Waals surface area contributed by atoms with Crippen molar-refractivity contribution in [3.05, 3.63) is 77.5 Å². The minimum absolute atomic E-state index is 0.253. The molecular formula is C22H23FN4O2. The summed E-state index contributed by atoms with van der Waals surface area (Å²) in [6, 6.07) is 15.1. The Kier molecular flexibility index (Phi) is 6.73. The van der Waals surface area contributed by atoms with Gasteiger partial charge in [0.1, 0.15) is 28.9 Å². The first kappa shape index (κ1) is 20.3. The number of carbonyl (C=O) groups is 1. The van der Waals surface area contributed by atoms with E-state index in [0.717, 1.165) is 11.3 Å². The summed E-state index contributed by atoms with van der Waals surface area (Å²) in [5, 5.41) is 6.01. The molecular weight excluding hydrogens is 371 g/mol. The van der Waals surface area contributed by atoms with E-state index < -0.39 is 0 Å². The molecule has 2 N–H and O–H groups in total. The molecule has 0 saturated carbocycles. The fourth-order valence-electron chi connectivity index (χ4n) is 2.76. The topological polar surface area (TPSA) is 76.1 Å². The number of hydrogen-bond donors (Lipinski definition) is 2. The summed E-state index contributed by atoms with van der Waals surface area (Å²) in [6.07, 6.45) is 0.705. The molecule has 0 unspecified atom stereocenters. The lowest BCUT2D eigenvalue weighted by molar-refractivity contribution is 0.102. The number of hydrogen-bond acceptors (Lipinski definition) is 5. The third-order valence-corrected chi connectivity index (χ3v) is 4.13. The number of ether oxygens (including phenoxy) is 1. The molecule has 0 aliphatic heterocycles. The Bertz CT molecular complexity index is 960. The quantitative estimate of drug-likeness (QED) is 0.598. The predicted molar refractivity (Wildman–Crippen MR) is 111 cm³/mol. The van der Waals surface area contributed by atoms with Gasteiger partial charge in [-0.05, 0) is 62.2 Å². The molecule has 0 saturated heterocycles. The fraction of sp³-hybridized carbons (Fsp3) is 0.227. The Morgan fingerprint density at radius 1 is 1.07 bits per heavy atom. The van der Waals surface area contributed by atoms with Gasteiger partial charge in [0, 0.05) is 18.3 Å². The molecule has 0 fully saturated rings. The van der Waals surface area contributed by atoms with Gasteiger partial charge < -0.3 is 15.4 Å². The highest BCUT2D eigenvalue weighted by atomic mass is 19.1. The third-order valence-electron chi connectivity index (χ3n) is 4.13. The van der Waals surface area contributed by atoms with Gasteiger partial charge in [-0.3, -0.25) is 4.79 Å². The molecule has 0 atom stereocenters. The van der Waals surface area contributed by atoms with Crippen LogP contribution in [0, 0.1) is 12.7 Å². The van der Waals surface area contributed by atoms with Crippen molar-refractivity contribution < 1.29 is 13.9 Å². The average molecular weight is 394 g/mol. The highest BCUT2D eigenvalue weighted by molar-refractivity contribution is 6.03. The molecule has 1 aromatic heterocycles. The number of anilines is 2. The van der Waals surface area contributed by atoms with Gasteiger partial charge in [-0.2, -0.15) is 0 Å². The summed E-state index contributed by atoms with van der Waals surface area (Å²) >= 11 is 0. The Balaban J connectivity index is 1.61. The van der Waals surface area contributed by atoms with Crippen LogP contribution in [0.25, 0.3) is 0 Å². The molecule has 3 aromatic rings. The summed E-state index contributed by atoms with van der Waals surface area (Å²) in [6.45, 7) is 4.84. The number of benzene rings is 2. The first-order valence-electron chi connectivity index (χ1n) is 9.41. The third kappa shape index (κ3) is 6.00. The minimum atomic E-state index is -0.318. The van der Waals surface area contributed by atoms with Gasteiger partial charge in [-0.25, -0.2) is 14.4 Å². The molecule has 1 heterocycles. The van der Waals surface area contributed by atoms with Crippen molar-refractivity contribution in [2.75, 3.05) is 23.8 Å². The first-order valence-corrected chi connectivity index (χ1v) is 9.41. The van der Waals surface area contributed by atoms with Gasteiger partial charge >= 0.3 is 0 Å². The maximum Gasteiger partial charge on any atom is 0.274 e. The Labute approximate surface area is 169 Å². The summed E-state index contributed by atoms with van der Waals surface area (Å²) in [5.41, 5.74) is 1.94. The van der Waals surface area contributed by atoms with Crippen LogP contribution < -0.4 is 15.4 Å². The standard InChI is InChI=1S/C22H23FN4O2/c1-3-29-19-10-8-18(9-11-19)27-22(28)20-14-21(26-15(2)25-20)24-13-12-16-4-6-17(23)7-5-16/h4-11,14H,3,12-13H2,1-2H3,(H,27,28)(H,24,25,26). The van der Waals surface area contributed by atoms with Crippen LogP contribution in [-0.2, 0) is 6.42 Å². The molecule has 0 aliphatic carbocycles. The number of amides is 1. The summed E-state index contributed by atoms with van der Waals surface area (Å²) < 4.78 is 18.4. The maximum absolute atomic E-state index is 13.0. The van der Waals surface area contributed by atoms with Crippen LogP contribution in [0.1, 0.15) is 28.8 Å². The second-order valence-corrected chi connectivity index (χ2v) is 6.40. The largest absolute Gasteiger partial charge is 0.494 e. The first-order chi connectivity index (χ1) is 14.0. The summed E-state index contributed by atoms with van der Waals surface area (Å²) in [4.78, 5) is 21.1. The second kappa shape index (κ2) is 9.64. The lowest BCUT2D eigenvalue weighted by Gasteiger charge is -2.10. The van der Waals surface area contributed by atoms with E-state index in [1.807, 2.05) is 6.92 Å². The molecule has 0 spiro atoms. The van der Waals surface area contributed by atoms with Gasteiger partial charge in [0.15, 0.2) is 0 Å². The van der Waals surface area contributed by atoms with Gasteiger partial charge in [0.25, 0.3) is 5.91 Å². The zero-order valence-corrected chi connectivity index (χ0v) is 16.4. The zero-order valence-electron chi connectivity index (χ0n) is 16.4. The van der Waals surface area contributed by atoms with Crippen LogP contribution in [0.3, 0.4) is 0 Å². The molecule has 0 aliphatic rings. The van der Waals surface area contributed by atoms with Crippen molar-refractivity contribution in [3.63, 3.8) is 0 Å². The monoisotopic (exact) mass is 394 g/mol.